The lowest BCUT2D eigenvalue weighted by Gasteiger charge is -2.32. The first-order valence-corrected chi connectivity index (χ1v) is 15.5. The first-order chi connectivity index (χ1) is 19.3. The summed E-state index contributed by atoms with van der Waals surface area (Å²) in [4.78, 5) is 37.8. The van der Waals surface area contributed by atoms with Crippen molar-refractivity contribution < 1.29 is 29.0 Å². The molecule has 1 aromatic rings. The van der Waals surface area contributed by atoms with Gasteiger partial charge in [0.15, 0.2) is 5.60 Å². The third-order valence-corrected chi connectivity index (χ3v) is 7.50. The number of rotatable bonds is 20. The van der Waals surface area contributed by atoms with Crippen LogP contribution in [0.4, 0.5) is 0 Å². The van der Waals surface area contributed by atoms with Gasteiger partial charge >= 0.3 is 17.9 Å². The maximum Gasteiger partial charge on any atom is 0.338 e. The molecular formula is C34H50O6. The molecule has 0 aliphatic heterocycles. The van der Waals surface area contributed by atoms with Gasteiger partial charge < -0.3 is 14.6 Å². The lowest BCUT2D eigenvalue weighted by Crippen LogP contribution is -2.33. The number of unbranched alkanes of at least 4 members (excludes halogenated alkanes) is 11. The van der Waals surface area contributed by atoms with E-state index < -0.39 is 23.5 Å². The van der Waals surface area contributed by atoms with Crippen LogP contribution in [0.5, 0.6) is 0 Å². The molecular weight excluding hydrogens is 504 g/mol. The summed E-state index contributed by atoms with van der Waals surface area (Å²) < 4.78 is 11.8. The average Bonchev–Trinajstić information content (AvgIpc) is 2.94. The summed E-state index contributed by atoms with van der Waals surface area (Å²) in [6, 6.07) is 6.94. The van der Waals surface area contributed by atoms with E-state index >= 15 is 0 Å². The molecule has 0 unspecified atom stereocenters. The fraction of sp³-hybridized carbons (Fsp3) is 0.618. The Morgan fingerprint density at radius 1 is 0.825 bits per heavy atom. The predicted octanol–water partition coefficient (Wildman–Crippen LogP) is 8.69. The van der Waals surface area contributed by atoms with E-state index in [1.165, 1.54) is 50.7 Å². The molecule has 6 nitrogen and oxygen atoms in total. The summed E-state index contributed by atoms with van der Waals surface area (Å²) in [5.41, 5.74) is -0.598. The minimum Gasteiger partial charge on any atom is -0.481 e. The number of esters is 2. The third-order valence-electron chi connectivity index (χ3n) is 7.50. The highest BCUT2D eigenvalue weighted by Crippen LogP contribution is 2.37. The molecule has 1 aliphatic carbocycles. The predicted molar refractivity (Wildman–Crippen MR) is 159 cm³/mol. The molecule has 0 saturated heterocycles. The molecule has 222 valence electrons. The molecule has 0 amide bonds. The van der Waals surface area contributed by atoms with Crippen molar-refractivity contribution in [3.63, 3.8) is 0 Å². The molecule has 2 rings (SSSR count). The first-order valence-electron chi connectivity index (χ1n) is 15.5. The van der Waals surface area contributed by atoms with E-state index in [-0.39, 0.29) is 18.5 Å². The summed E-state index contributed by atoms with van der Waals surface area (Å²) in [6.45, 7) is 6.27. The minimum absolute atomic E-state index is 0.239. The van der Waals surface area contributed by atoms with Crippen molar-refractivity contribution in [1.82, 2.24) is 0 Å². The van der Waals surface area contributed by atoms with E-state index in [4.69, 9.17) is 9.47 Å². The zero-order valence-electron chi connectivity index (χ0n) is 24.9. The molecule has 1 N–H and O–H groups in total. The van der Waals surface area contributed by atoms with Gasteiger partial charge in [0.05, 0.1) is 17.6 Å². The average molecular weight is 555 g/mol. The van der Waals surface area contributed by atoms with Crippen LogP contribution in [0.25, 0.3) is 0 Å². The number of benzene rings is 1. The Balaban J connectivity index is 2.09. The largest absolute Gasteiger partial charge is 0.481 e. The van der Waals surface area contributed by atoms with Gasteiger partial charge in [0.1, 0.15) is 0 Å². The second-order valence-electron chi connectivity index (χ2n) is 11.0. The normalized spacial score (nSPS) is 18.8. The van der Waals surface area contributed by atoms with Crippen molar-refractivity contribution in [2.75, 3.05) is 0 Å². The van der Waals surface area contributed by atoms with E-state index in [2.05, 4.69) is 13.8 Å². The highest BCUT2D eigenvalue weighted by molar-refractivity contribution is 5.92. The molecule has 0 aromatic heterocycles. The Bertz CT molecular complexity index is 964. The molecule has 0 heterocycles. The van der Waals surface area contributed by atoms with E-state index in [1.807, 2.05) is 6.92 Å². The van der Waals surface area contributed by atoms with Gasteiger partial charge in [-0.3, -0.25) is 9.59 Å². The molecule has 0 bridgehead atoms. The van der Waals surface area contributed by atoms with Crippen molar-refractivity contribution >= 4 is 17.9 Å². The van der Waals surface area contributed by atoms with Crippen molar-refractivity contribution in [2.45, 2.75) is 129 Å². The smallest absolute Gasteiger partial charge is 0.338 e. The number of carbonyl (C=O) groups is 3. The van der Waals surface area contributed by atoms with Crippen molar-refractivity contribution in [1.29, 1.82) is 0 Å². The molecule has 0 spiro atoms. The van der Waals surface area contributed by atoms with Gasteiger partial charge in [0.25, 0.3) is 0 Å². The number of carboxylic acids is 1. The standard InChI is InChI=1S/C34H50O6/c1-4-6-8-10-11-12-13-14-16-22-31(35)40-34(25-23-28(24-26-34)32(36)37)30-21-18-17-20-29(30)33(38)39-27(3)19-15-9-7-5-2/h17-18,20-21,23-28H,4-16,19,22H2,1-3H3,(H,36,37)/t27-,28?,34?/m1/s1. The summed E-state index contributed by atoms with van der Waals surface area (Å²) in [5, 5.41) is 9.47. The maximum atomic E-state index is 13.3. The third kappa shape index (κ3) is 11.3. The molecule has 1 aliphatic rings. The maximum absolute atomic E-state index is 13.3. The number of hydrogen-bond acceptors (Lipinski definition) is 5. The van der Waals surface area contributed by atoms with E-state index in [0.29, 0.717) is 11.1 Å². The van der Waals surface area contributed by atoms with Gasteiger partial charge in [0.2, 0.25) is 0 Å². The summed E-state index contributed by atoms with van der Waals surface area (Å²) in [5.74, 6) is -2.67. The number of aliphatic carboxylic acids is 1. The second-order valence-corrected chi connectivity index (χ2v) is 11.0. The molecule has 0 radical (unpaired) electrons. The molecule has 0 fully saturated rings. The van der Waals surface area contributed by atoms with Gasteiger partial charge in [-0.15, -0.1) is 0 Å². The fourth-order valence-corrected chi connectivity index (χ4v) is 5.07. The molecule has 1 atom stereocenters. The fourth-order valence-electron chi connectivity index (χ4n) is 5.07. The van der Waals surface area contributed by atoms with Crippen LogP contribution in [-0.4, -0.2) is 29.1 Å². The zero-order chi connectivity index (χ0) is 29.2. The Labute approximate surface area is 241 Å². The van der Waals surface area contributed by atoms with E-state index in [9.17, 15) is 19.5 Å². The van der Waals surface area contributed by atoms with E-state index in [0.717, 1.165) is 51.4 Å². The molecule has 0 saturated carbocycles. The van der Waals surface area contributed by atoms with Crippen LogP contribution < -0.4 is 0 Å². The van der Waals surface area contributed by atoms with Crippen molar-refractivity contribution in [2.24, 2.45) is 5.92 Å². The van der Waals surface area contributed by atoms with Gasteiger partial charge in [-0.05, 0) is 44.4 Å². The monoisotopic (exact) mass is 554 g/mol. The van der Waals surface area contributed by atoms with Crippen LogP contribution in [0.1, 0.15) is 133 Å². The SMILES string of the molecule is CCCCCCCCCCCC(=O)OC1(c2ccccc2C(=O)O[C@H](C)CCCCCC)C=CC(C(=O)O)C=C1. The second kappa shape index (κ2) is 18.5. The van der Waals surface area contributed by atoms with Crippen LogP contribution >= 0.6 is 0 Å². The number of carboxylic acid groups (broad SMARTS) is 1. The van der Waals surface area contributed by atoms with Crippen LogP contribution in [0.15, 0.2) is 48.6 Å². The van der Waals surface area contributed by atoms with E-state index in [1.54, 1.807) is 36.4 Å². The Morgan fingerprint density at radius 2 is 1.38 bits per heavy atom. The zero-order valence-corrected chi connectivity index (χ0v) is 24.9. The van der Waals surface area contributed by atoms with Gasteiger partial charge in [-0.25, -0.2) is 4.79 Å². The summed E-state index contributed by atoms with van der Waals surface area (Å²) in [7, 11) is 0. The molecule has 6 heteroatoms. The Kier molecular flexibility index (Phi) is 15.4. The van der Waals surface area contributed by atoms with Crippen LogP contribution in [0, 0.1) is 5.92 Å². The van der Waals surface area contributed by atoms with Crippen LogP contribution in [0.3, 0.4) is 0 Å². The topological polar surface area (TPSA) is 89.9 Å². The van der Waals surface area contributed by atoms with Gasteiger partial charge in [-0.2, -0.15) is 0 Å². The lowest BCUT2D eigenvalue weighted by molar-refractivity contribution is -0.152. The van der Waals surface area contributed by atoms with Crippen molar-refractivity contribution in [3.8, 4) is 0 Å². The minimum atomic E-state index is -1.37. The van der Waals surface area contributed by atoms with Crippen LogP contribution in [0.2, 0.25) is 0 Å². The Hall–Kier alpha value is -2.89. The first kappa shape index (κ1) is 33.3. The van der Waals surface area contributed by atoms with Crippen molar-refractivity contribution in [3.05, 3.63) is 59.7 Å². The lowest BCUT2D eigenvalue weighted by atomic mass is 9.83. The number of carbonyl (C=O) groups excluding carboxylic acids is 2. The van der Waals surface area contributed by atoms with Crippen LogP contribution in [-0.2, 0) is 24.7 Å². The quantitative estimate of drug-likeness (QED) is 0.0985. The summed E-state index contributed by atoms with van der Waals surface area (Å²) in [6.07, 6.45) is 21.7. The number of hydrogen-bond donors (Lipinski definition) is 1. The van der Waals surface area contributed by atoms with Gasteiger partial charge in [-0.1, -0.05) is 115 Å². The molecule has 40 heavy (non-hydrogen) atoms. The summed E-state index contributed by atoms with van der Waals surface area (Å²) >= 11 is 0. The highest BCUT2D eigenvalue weighted by atomic mass is 16.6. The Morgan fingerprint density at radius 3 is 1.98 bits per heavy atom. The molecule has 1 aromatic carbocycles. The number of ether oxygens (including phenoxy) is 2. The van der Waals surface area contributed by atoms with Gasteiger partial charge in [0, 0.05) is 12.0 Å². The highest BCUT2D eigenvalue weighted by Gasteiger charge is 2.38.